The summed E-state index contributed by atoms with van der Waals surface area (Å²) in [4.78, 5) is 20.6. The number of ether oxygens (including phenoxy) is 1. The quantitative estimate of drug-likeness (QED) is 0.438. The molecule has 0 saturated heterocycles. The number of carboxylic acid groups (broad SMARTS) is 1. The van der Waals surface area contributed by atoms with E-state index in [1.165, 1.54) is 0 Å². The largest absolute Gasteiger partial charge is 0.480 e. The third-order valence-corrected chi connectivity index (χ3v) is 1.57. The molecule has 0 aliphatic rings. The van der Waals surface area contributed by atoms with Gasteiger partial charge in [-0.15, -0.1) is 0 Å². The van der Waals surface area contributed by atoms with Crippen LogP contribution in [0.15, 0.2) is 0 Å². The van der Waals surface area contributed by atoms with E-state index in [-0.39, 0.29) is 0 Å². The van der Waals surface area contributed by atoms with Gasteiger partial charge in [0, 0.05) is 19.6 Å². The fraction of sp³-hybridized carbons (Fsp3) is 0.778. The van der Waals surface area contributed by atoms with E-state index in [9.17, 15) is 9.59 Å². The lowest BCUT2D eigenvalue weighted by Crippen LogP contribution is -2.36. The molecule has 82 valence electrons. The molecule has 5 heteroatoms. The zero-order chi connectivity index (χ0) is 11.0. The van der Waals surface area contributed by atoms with Crippen molar-refractivity contribution in [2.24, 2.45) is 5.92 Å². The van der Waals surface area contributed by atoms with Crippen molar-refractivity contribution in [1.29, 1.82) is 0 Å². The van der Waals surface area contributed by atoms with Gasteiger partial charge in [-0.05, 0) is 5.92 Å². The van der Waals surface area contributed by atoms with Crippen LogP contribution in [0.5, 0.6) is 0 Å². The zero-order valence-corrected chi connectivity index (χ0v) is 8.53. The Morgan fingerprint density at radius 2 is 2.21 bits per heavy atom. The predicted octanol–water partition coefficient (Wildman–Crippen LogP) is 0.248. The van der Waals surface area contributed by atoms with Crippen molar-refractivity contribution in [3.05, 3.63) is 0 Å². The summed E-state index contributed by atoms with van der Waals surface area (Å²) in [6, 6.07) is -0.848. The average Bonchev–Trinajstić information content (AvgIpc) is 2.09. The monoisotopic (exact) mass is 203 g/mol. The van der Waals surface area contributed by atoms with E-state index < -0.39 is 12.0 Å². The van der Waals surface area contributed by atoms with Crippen molar-refractivity contribution in [2.45, 2.75) is 26.3 Å². The Morgan fingerprint density at radius 1 is 1.57 bits per heavy atom. The van der Waals surface area contributed by atoms with Crippen molar-refractivity contribution in [3.8, 4) is 0 Å². The van der Waals surface area contributed by atoms with Gasteiger partial charge in [-0.1, -0.05) is 13.8 Å². The number of hydrogen-bond donors (Lipinski definition) is 2. The molecular formula is C9H17NO4. The van der Waals surface area contributed by atoms with Gasteiger partial charge in [0.15, 0.2) is 0 Å². The summed E-state index contributed by atoms with van der Waals surface area (Å²) in [5.74, 6) is -0.609. The fourth-order valence-corrected chi connectivity index (χ4v) is 0.880. The highest BCUT2D eigenvalue weighted by Gasteiger charge is 2.15. The van der Waals surface area contributed by atoms with Gasteiger partial charge in [-0.25, -0.2) is 4.79 Å². The highest BCUT2D eigenvalue weighted by molar-refractivity contribution is 5.76. The second-order valence-electron chi connectivity index (χ2n) is 3.43. The van der Waals surface area contributed by atoms with Crippen molar-refractivity contribution < 1.29 is 19.4 Å². The second kappa shape index (κ2) is 7.32. The smallest absolute Gasteiger partial charge is 0.326 e. The second-order valence-corrected chi connectivity index (χ2v) is 3.43. The first-order valence-corrected chi connectivity index (χ1v) is 4.58. The average molecular weight is 203 g/mol. The van der Waals surface area contributed by atoms with Crippen molar-refractivity contribution in [3.63, 3.8) is 0 Å². The first kappa shape index (κ1) is 12.9. The van der Waals surface area contributed by atoms with Gasteiger partial charge in [0.05, 0.1) is 0 Å². The maximum absolute atomic E-state index is 10.5. The molecule has 14 heavy (non-hydrogen) atoms. The summed E-state index contributed by atoms with van der Waals surface area (Å²) in [5.41, 5.74) is 0. The van der Waals surface area contributed by atoms with E-state index in [2.05, 4.69) is 5.32 Å². The third-order valence-electron chi connectivity index (χ3n) is 1.57. The maximum Gasteiger partial charge on any atom is 0.326 e. The molecule has 0 aliphatic heterocycles. The minimum Gasteiger partial charge on any atom is -0.480 e. The van der Waals surface area contributed by atoms with Crippen LogP contribution in [0.1, 0.15) is 20.3 Å². The summed E-state index contributed by atoms with van der Waals surface area (Å²) in [6.45, 7) is 4.97. The van der Waals surface area contributed by atoms with Gasteiger partial charge in [0.25, 0.3) is 0 Å². The lowest BCUT2D eigenvalue weighted by molar-refractivity contribution is -0.141. The molecule has 0 aromatic heterocycles. The number of nitrogens with one attached hydrogen (secondary N) is 1. The molecule has 0 fully saturated rings. The van der Waals surface area contributed by atoms with Crippen LogP contribution in [0.25, 0.3) is 0 Å². The number of aliphatic carboxylic acids is 1. The summed E-state index contributed by atoms with van der Waals surface area (Å²) >= 11 is 0. The molecule has 1 atom stereocenters. The highest BCUT2D eigenvalue weighted by atomic mass is 16.5. The van der Waals surface area contributed by atoms with E-state index in [1.54, 1.807) is 0 Å². The molecule has 0 aromatic carbocycles. The molecule has 0 spiro atoms. The molecule has 0 rings (SSSR count). The molecule has 5 nitrogen and oxygen atoms in total. The first-order valence-electron chi connectivity index (χ1n) is 4.58. The van der Waals surface area contributed by atoms with Crippen LogP contribution in [-0.2, 0) is 14.3 Å². The highest BCUT2D eigenvalue weighted by Crippen LogP contribution is 1.96. The molecule has 0 heterocycles. The zero-order valence-electron chi connectivity index (χ0n) is 8.53. The van der Waals surface area contributed by atoms with Gasteiger partial charge in [-0.3, -0.25) is 4.79 Å². The fourth-order valence-electron chi connectivity index (χ4n) is 0.880. The summed E-state index contributed by atoms with van der Waals surface area (Å²) in [7, 11) is 0. The van der Waals surface area contributed by atoms with E-state index in [0.717, 1.165) is 0 Å². The van der Waals surface area contributed by atoms with Crippen LogP contribution in [0.3, 0.4) is 0 Å². The third kappa shape index (κ3) is 6.42. The van der Waals surface area contributed by atoms with Crippen LogP contribution in [-0.4, -0.2) is 36.7 Å². The van der Waals surface area contributed by atoms with Gasteiger partial charge >= 0.3 is 5.97 Å². The molecule has 0 bridgehead atoms. The first-order chi connectivity index (χ1) is 6.57. The van der Waals surface area contributed by atoms with Gasteiger partial charge in [0.2, 0.25) is 6.41 Å². The Kier molecular flexibility index (Phi) is 6.74. The van der Waals surface area contributed by atoms with E-state index in [4.69, 9.17) is 9.84 Å². The minimum absolute atomic E-state index is 0.292. The van der Waals surface area contributed by atoms with Crippen molar-refractivity contribution in [2.75, 3.05) is 13.2 Å². The van der Waals surface area contributed by atoms with Crippen LogP contribution < -0.4 is 5.32 Å². The minimum atomic E-state index is -1.04. The molecule has 1 amide bonds. The van der Waals surface area contributed by atoms with E-state index in [0.29, 0.717) is 32.0 Å². The summed E-state index contributed by atoms with van der Waals surface area (Å²) in [5, 5.41) is 10.8. The van der Waals surface area contributed by atoms with Crippen molar-refractivity contribution >= 4 is 12.4 Å². The molecule has 1 unspecified atom stereocenters. The molecular weight excluding hydrogens is 186 g/mol. The lowest BCUT2D eigenvalue weighted by Gasteiger charge is -2.11. The Bertz CT molecular complexity index is 182. The van der Waals surface area contributed by atoms with Crippen molar-refractivity contribution in [1.82, 2.24) is 5.32 Å². The Hall–Kier alpha value is -1.10. The van der Waals surface area contributed by atoms with Crippen LogP contribution in [0.2, 0.25) is 0 Å². The number of carbonyl (C=O) groups excluding carboxylic acids is 1. The van der Waals surface area contributed by atoms with Gasteiger partial charge in [0.1, 0.15) is 6.04 Å². The molecule has 0 aliphatic carbocycles. The van der Waals surface area contributed by atoms with Gasteiger partial charge < -0.3 is 15.2 Å². The topological polar surface area (TPSA) is 75.6 Å². The Morgan fingerprint density at radius 3 is 2.64 bits per heavy atom. The van der Waals surface area contributed by atoms with E-state index in [1.807, 2.05) is 13.8 Å². The molecule has 0 radical (unpaired) electrons. The Balaban J connectivity index is 3.61. The SMILES string of the molecule is CC(C)COCCC(NC=O)C(=O)O. The van der Waals surface area contributed by atoms with E-state index >= 15 is 0 Å². The number of carboxylic acids is 1. The maximum atomic E-state index is 10.5. The number of carbonyl (C=O) groups is 2. The molecule has 2 N–H and O–H groups in total. The predicted molar refractivity (Wildman–Crippen MR) is 50.9 cm³/mol. The normalized spacial score (nSPS) is 12.5. The molecule has 0 aromatic rings. The lowest BCUT2D eigenvalue weighted by atomic mass is 10.2. The molecule has 0 saturated carbocycles. The number of hydrogen-bond acceptors (Lipinski definition) is 3. The Labute approximate surface area is 83.4 Å². The van der Waals surface area contributed by atoms with Crippen LogP contribution in [0, 0.1) is 5.92 Å². The summed E-state index contributed by atoms with van der Waals surface area (Å²) in [6.07, 6.45) is 0.683. The summed E-state index contributed by atoms with van der Waals surface area (Å²) < 4.78 is 5.20. The van der Waals surface area contributed by atoms with Crippen LogP contribution in [0.4, 0.5) is 0 Å². The number of amides is 1. The standard InChI is InChI=1S/C9H17NO4/c1-7(2)5-14-4-3-8(9(12)13)10-6-11/h6-8H,3-5H2,1-2H3,(H,10,11)(H,12,13). The van der Waals surface area contributed by atoms with Gasteiger partial charge in [-0.2, -0.15) is 0 Å². The number of rotatable bonds is 8. The van der Waals surface area contributed by atoms with Crippen LogP contribution >= 0.6 is 0 Å².